The fourth-order valence-electron chi connectivity index (χ4n) is 5.41. The molecule has 2 heterocycles. The molecule has 0 aliphatic carbocycles. The van der Waals surface area contributed by atoms with Crippen molar-refractivity contribution in [2.75, 3.05) is 18.1 Å². The van der Waals surface area contributed by atoms with E-state index in [4.69, 9.17) is 9.47 Å². The van der Waals surface area contributed by atoms with Gasteiger partial charge < -0.3 is 14.6 Å². The third kappa shape index (κ3) is 6.94. The van der Waals surface area contributed by atoms with Gasteiger partial charge >= 0.3 is 0 Å². The highest BCUT2D eigenvalue weighted by atomic mass is 32.2. The van der Waals surface area contributed by atoms with Crippen molar-refractivity contribution in [2.24, 2.45) is 0 Å². The molecular weight excluding hydrogens is 631 g/mol. The molecule has 0 fully saturated rings. The molecule has 1 unspecified atom stereocenters. The molecule has 0 spiro atoms. The van der Waals surface area contributed by atoms with Gasteiger partial charge in [-0.25, -0.2) is 0 Å². The first-order valence-corrected chi connectivity index (χ1v) is 17.1. The smallest absolute Gasteiger partial charge is 0.296 e. The van der Waals surface area contributed by atoms with Crippen LogP contribution >= 0.6 is 23.1 Å². The van der Waals surface area contributed by atoms with Crippen molar-refractivity contribution in [3.05, 3.63) is 125 Å². The van der Waals surface area contributed by atoms with Crippen LogP contribution in [0.5, 0.6) is 11.5 Å². The maximum atomic E-state index is 13.8. The molecule has 1 N–H and O–H groups in total. The Balaban J connectivity index is 1.35. The molecule has 0 radical (unpaired) electrons. The summed E-state index contributed by atoms with van der Waals surface area (Å²) in [5, 5.41) is 22.6. The molecule has 4 aromatic carbocycles. The number of ketones is 1. The van der Waals surface area contributed by atoms with Crippen LogP contribution in [-0.2, 0) is 15.3 Å². The fourth-order valence-corrected chi connectivity index (χ4v) is 7.28. The van der Waals surface area contributed by atoms with Crippen LogP contribution in [0.2, 0.25) is 0 Å². The number of amides is 1. The topological polar surface area (TPSA) is 102 Å². The van der Waals surface area contributed by atoms with Crippen molar-refractivity contribution in [1.82, 2.24) is 10.2 Å². The van der Waals surface area contributed by atoms with Gasteiger partial charge in [-0.2, -0.15) is 0 Å². The summed E-state index contributed by atoms with van der Waals surface area (Å²) in [7, 11) is 0. The monoisotopic (exact) mass is 663 g/mol. The lowest BCUT2D eigenvalue weighted by molar-refractivity contribution is -0.117. The molecular formula is C37H33N3O5S2. The molecule has 238 valence electrons. The highest BCUT2D eigenvalue weighted by Crippen LogP contribution is 2.45. The van der Waals surface area contributed by atoms with Gasteiger partial charge in [-0.3, -0.25) is 14.5 Å². The number of hydrogen-bond donors (Lipinski definition) is 1. The number of aliphatic hydroxyl groups is 1. The van der Waals surface area contributed by atoms with Gasteiger partial charge in [-0.1, -0.05) is 115 Å². The summed E-state index contributed by atoms with van der Waals surface area (Å²) in [6.45, 7) is 4.78. The number of fused-ring (bicyclic) bond motifs is 1. The maximum Gasteiger partial charge on any atom is 0.296 e. The maximum absolute atomic E-state index is 13.8. The van der Waals surface area contributed by atoms with E-state index in [1.807, 2.05) is 62.4 Å². The summed E-state index contributed by atoms with van der Waals surface area (Å²) in [5.74, 6) is -0.151. The van der Waals surface area contributed by atoms with E-state index in [-0.39, 0.29) is 10.7 Å². The Morgan fingerprint density at radius 2 is 1.74 bits per heavy atom. The Morgan fingerprint density at radius 3 is 2.55 bits per heavy atom. The van der Waals surface area contributed by atoms with Gasteiger partial charge in [0, 0.05) is 5.75 Å². The van der Waals surface area contributed by atoms with Crippen LogP contribution in [0.1, 0.15) is 43.0 Å². The third-order valence-corrected chi connectivity index (χ3v) is 9.68. The lowest BCUT2D eigenvalue weighted by atomic mass is 9.95. The molecule has 5 aromatic rings. The van der Waals surface area contributed by atoms with Crippen molar-refractivity contribution < 1.29 is 24.2 Å². The van der Waals surface area contributed by atoms with E-state index in [1.165, 1.54) is 39.5 Å². The summed E-state index contributed by atoms with van der Waals surface area (Å²) in [6.07, 6.45) is 3.85. The quantitative estimate of drug-likeness (QED) is 0.0762. The molecule has 0 bridgehead atoms. The van der Waals surface area contributed by atoms with E-state index in [0.29, 0.717) is 40.4 Å². The first-order chi connectivity index (χ1) is 23.0. The summed E-state index contributed by atoms with van der Waals surface area (Å²) < 4.78 is 12.5. The number of rotatable bonds is 13. The number of aromatic nitrogens is 2. The van der Waals surface area contributed by atoms with E-state index < -0.39 is 23.5 Å². The van der Waals surface area contributed by atoms with Gasteiger partial charge in [0.25, 0.3) is 5.91 Å². The van der Waals surface area contributed by atoms with Crippen molar-refractivity contribution in [3.8, 4) is 11.5 Å². The van der Waals surface area contributed by atoms with Crippen molar-refractivity contribution in [1.29, 1.82) is 0 Å². The zero-order chi connectivity index (χ0) is 32.8. The Bertz CT molecular complexity index is 1970. The minimum Gasteiger partial charge on any atom is -0.503 e. The minimum absolute atomic E-state index is 0.0491. The van der Waals surface area contributed by atoms with Gasteiger partial charge in [0.2, 0.25) is 5.13 Å². The Labute approximate surface area is 281 Å². The van der Waals surface area contributed by atoms with Crippen LogP contribution in [0.4, 0.5) is 5.13 Å². The number of hydrogen-bond acceptors (Lipinski definition) is 9. The number of thioether (sulfide) groups is 1. The number of allylic oxidation sites excluding steroid dienone is 1. The molecule has 1 aliphatic rings. The largest absolute Gasteiger partial charge is 0.503 e. The van der Waals surface area contributed by atoms with Crippen LogP contribution in [0.15, 0.2) is 113 Å². The predicted octanol–water partition coefficient (Wildman–Crippen LogP) is 8.35. The zero-order valence-corrected chi connectivity index (χ0v) is 27.6. The Kier molecular flexibility index (Phi) is 9.99. The molecule has 0 saturated heterocycles. The average molecular weight is 664 g/mol. The zero-order valence-electron chi connectivity index (χ0n) is 26.0. The van der Waals surface area contributed by atoms with E-state index in [1.54, 1.807) is 24.3 Å². The number of benzene rings is 4. The highest BCUT2D eigenvalue weighted by Gasteiger charge is 2.45. The number of nitrogens with zero attached hydrogens (tertiary/aromatic N) is 3. The van der Waals surface area contributed by atoms with Gasteiger partial charge in [0.15, 0.2) is 27.4 Å². The van der Waals surface area contributed by atoms with Crippen molar-refractivity contribution in [3.63, 3.8) is 0 Å². The molecule has 1 aliphatic heterocycles. The Morgan fingerprint density at radius 1 is 0.957 bits per heavy atom. The predicted molar refractivity (Wildman–Crippen MR) is 187 cm³/mol. The summed E-state index contributed by atoms with van der Waals surface area (Å²) in [4.78, 5) is 28.8. The number of carbonyl (C=O) groups is 2. The second-order valence-corrected chi connectivity index (χ2v) is 12.9. The van der Waals surface area contributed by atoms with Crippen LogP contribution in [0.3, 0.4) is 0 Å². The molecule has 10 heteroatoms. The summed E-state index contributed by atoms with van der Waals surface area (Å²) in [6, 6.07) is 28.1. The highest BCUT2D eigenvalue weighted by molar-refractivity contribution is 8.00. The molecule has 0 saturated carbocycles. The van der Waals surface area contributed by atoms with Gasteiger partial charge in [-0.15, -0.1) is 10.2 Å². The van der Waals surface area contributed by atoms with E-state index in [2.05, 4.69) is 34.5 Å². The fraction of sp³-hybridized carbons (Fsp3) is 0.189. The SMILES string of the molecule is CCCOc1ccc(C2C(C(=O)/C=C/c3ccccc3)=C(O)C(=O)N2c2nnc(SCc3cccc4ccccc34)s2)cc1OCC. The number of aliphatic hydroxyl groups excluding tert-OH is 1. The van der Waals surface area contributed by atoms with Crippen molar-refractivity contribution in [2.45, 2.75) is 36.4 Å². The second kappa shape index (κ2) is 14.7. The number of ether oxygens (including phenoxy) is 2. The first kappa shape index (κ1) is 32.0. The lowest BCUT2D eigenvalue weighted by Crippen LogP contribution is -2.31. The minimum atomic E-state index is -0.973. The van der Waals surface area contributed by atoms with Gasteiger partial charge in [-0.05, 0) is 59.0 Å². The van der Waals surface area contributed by atoms with Crippen LogP contribution in [0, 0.1) is 0 Å². The van der Waals surface area contributed by atoms with Gasteiger partial charge in [0.05, 0.1) is 24.8 Å². The van der Waals surface area contributed by atoms with Crippen LogP contribution in [0.25, 0.3) is 16.8 Å². The normalized spacial score (nSPS) is 14.8. The third-order valence-electron chi connectivity index (χ3n) is 7.58. The molecule has 1 amide bonds. The molecule has 1 atom stereocenters. The average Bonchev–Trinajstić information content (AvgIpc) is 3.67. The second-order valence-electron chi connectivity index (χ2n) is 10.7. The molecule has 1 aromatic heterocycles. The van der Waals surface area contributed by atoms with Crippen molar-refractivity contribution >= 4 is 56.8 Å². The van der Waals surface area contributed by atoms with Crippen LogP contribution < -0.4 is 14.4 Å². The lowest BCUT2D eigenvalue weighted by Gasteiger charge is -2.24. The van der Waals surface area contributed by atoms with Gasteiger partial charge in [0.1, 0.15) is 0 Å². The van der Waals surface area contributed by atoms with Crippen LogP contribution in [-0.4, -0.2) is 40.2 Å². The van der Waals surface area contributed by atoms with E-state index >= 15 is 0 Å². The molecule has 47 heavy (non-hydrogen) atoms. The standard InChI is InChI=1S/C37H33N3O5S2/c1-3-21-45-30-20-18-26(22-31(30)44-4-2)33-32(29(41)19-17-24-11-6-5-7-12-24)34(42)35(43)40(33)36-38-39-37(47-36)46-23-27-15-10-14-25-13-8-9-16-28(25)27/h5-20,22,33,42H,3-4,21,23H2,1-2H3/b19-17+. The van der Waals surface area contributed by atoms with E-state index in [0.717, 1.165) is 22.9 Å². The Hall–Kier alpha value is -4.93. The summed E-state index contributed by atoms with van der Waals surface area (Å²) >= 11 is 2.75. The van der Waals surface area contributed by atoms with E-state index in [9.17, 15) is 14.7 Å². The molecule has 8 nitrogen and oxygen atoms in total. The molecule has 6 rings (SSSR count). The number of carbonyl (C=O) groups excluding carboxylic acids is 2. The first-order valence-electron chi connectivity index (χ1n) is 15.3. The summed E-state index contributed by atoms with van der Waals surface area (Å²) in [5.41, 5.74) is 2.48. The number of anilines is 1.